The molecular formula is C21H26ClN7O3S2. The maximum absolute atomic E-state index is 12.9. The van der Waals surface area contributed by atoms with Crippen molar-refractivity contribution >= 4 is 63.7 Å². The molecular weight excluding hydrogens is 498 g/mol. The second-order valence-corrected chi connectivity index (χ2v) is 9.97. The van der Waals surface area contributed by atoms with E-state index < -0.39 is 17.9 Å². The van der Waals surface area contributed by atoms with Crippen molar-refractivity contribution in [2.45, 2.75) is 19.0 Å². The van der Waals surface area contributed by atoms with Crippen LogP contribution in [-0.2, 0) is 22.6 Å². The van der Waals surface area contributed by atoms with E-state index in [9.17, 15) is 14.4 Å². The van der Waals surface area contributed by atoms with Gasteiger partial charge < -0.3 is 20.4 Å². The van der Waals surface area contributed by atoms with Gasteiger partial charge in [0.1, 0.15) is 11.9 Å². The maximum Gasteiger partial charge on any atom is 0.286 e. The quantitative estimate of drug-likeness (QED) is 0.538. The van der Waals surface area contributed by atoms with Crippen molar-refractivity contribution in [1.29, 1.82) is 0 Å². The third-order valence-corrected chi connectivity index (χ3v) is 6.81. The lowest BCUT2D eigenvalue weighted by atomic mass is 10.2. The Labute approximate surface area is 212 Å². The number of thiocarbonyl (C=S) groups is 1. The molecule has 0 fully saturated rings. The van der Waals surface area contributed by atoms with Gasteiger partial charge in [0.15, 0.2) is 10.00 Å². The monoisotopic (exact) mass is 523 g/mol. The Morgan fingerprint density at radius 2 is 2.03 bits per heavy atom. The highest BCUT2D eigenvalue weighted by atomic mass is 35.5. The average Bonchev–Trinajstić information content (AvgIpc) is 3.23. The molecule has 2 aromatic heterocycles. The van der Waals surface area contributed by atoms with Gasteiger partial charge in [0.25, 0.3) is 11.8 Å². The predicted octanol–water partition coefficient (Wildman–Crippen LogP) is 0.946. The summed E-state index contributed by atoms with van der Waals surface area (Å²) in [6, 6.07) is 2.25. The number of halogens is 1. The minimum Gasteiger partial charge on any atom is -0.369 e. The molecule has 182 valence electrons. The molecule has 3 amide bonds. The summed E-state index contributed by atoms with van der Waals surface area (Å²) in [5.74, 6) is -0.927. The zero-order valence-corrected chi connectivity index (χ0v) is 21.7. The molecule has 3 heterocycles. The molecule has 0 radical (unpaired) electrons. The largest absolute Gasteiger partial charge is 0.369 e. The topological polar surface area (TPSA) is 111 Å². The summed E-state index contributed by atoms with van der Waals surface area (Å²) in [5, 5.41) is 6.27. The standard InChI is InChI=1S/C21H26ClN7O3S2/c1-27(2)20(31)14(25-17(30)19-26-13-7-8-28(3)11-15(13)34-19)10-24-18(33)21(32)29(4)16-6-5-12(22)9-23-16/h5-6,9,14H,7-8,10-11H2,1-4H3,(H,24,33)(H,25,30). The summed E-state index contributed by atoms with van der Waals surface area (Å²) in [5.41, 5.74) is 0.924. The van der Waals surface area contributed by atoms with Gasteiger partial charge in [-0.2, -0.15) is 0 Å². The zero-order valence-electron chi connectivity index (χ0n) is 19.3. The number of nitrogens with zero attached hydrogens (tertiary/aromatic N) is 5. The lowest BCUT2D eigenvalue weighted by molar-refractivity contribution is -0.130. The Kier molecular flexibility index (Phi) is 8.52. The lowest BCUT2D eigenvalue weighted by Gasteiger charge is -2.23. The van der Waals surface area contributed by atoms with Gasteiger partial charge in [0.2, 0.25) is 5.91 Å². The Balaban J connectivity index is 1.65. The molecule has 0 aliphatic carbocycles. The van der Waals surface area contributed by atoms with E-state index in [1.54, 1.807) is 26.2 Å². The minimum absolute atomic E-state index is 0.0664. The number of hydrogen-bond acceptors (Lipinski definition) is 8. The van der Waals surface area contributed by atoms with Crippen LogP contribution in [0.1, 0.15) is 20.4 Å². The molecule has 0 saturated heterocycles. The van der Waals surface area contributed by atoms with E-state index in [0.717, 1.165) is 30.1 Å². The maximum atomic E-state index is 12.9. The van der Waals surface area contributed by atoms with E-state index in [2.05, 4.69) is 25.5 Å². The van der Waals surface area contributed by atoms with Gasteiger partial charge in [0.05, 0.1) is 10.7 Å². The smallest absolute Gasteiger partial charge is 0.286 e. The fourth-order valence-electron chi connectivity index (χ4n) is 3.25. The Bertz CT molecular complexity index is 1090. The number of carbonyl (C=O) groups excluding carboxylic acids is 3. The lowest BCUT2D eigenvalue weighted by Crippen LogP contribution is -2.53. The van der Waals surface area contributed by atoms with Crippen molar-refractivity contribution in [1.82, 2.24) is 30.4 Å². The van der Waals surface area contributed by atoms with E-state index in [1.807, 2.05) is 7.05 Å². The normalized spacial score (nSPS) is 14.0. The second kappa shape index (κ2) is 11.2. The van der Waals surface area contributed by atoms with Crippen LogP contribution in [0.5, 0.6) is 0 Å². The number of anilines is 1. The second-order valence-electron chi connectivity index (χ2n) is 8.04. The van der Waals surface area contributed by atoms with Crippen LogP contribution in [0.25, 0.3) is 0 Å². The summed E-state index contributed by atoms with van der Waals surface area (Å²) < 4.78 is 0. The van der Waals surface area contributed by atoms with Crippen LogP contribution in [0.15, 0.2) is 18.3 Å². The highest BCUT2D eigenvalue weighted by Crippen LogP contribution is 2.24. The molecule has 0 aromatic carbocycles. The number of likely N-dealkylation sites (N-methyl/N-ethyl adjacent to an activating group) is 3. The molecule has 2 aromatic rings. The first-order chi connectivity index (χ1) is 16.1. The summed E-state index contributed by atoms with van der Waals surface area (Å²) in [7, 11) is 6.72. The molecule has 3 rings (SSSR count). The molecule has 34 heavy (non-hydrogen) atoms. The molecule has 0 bridgehead atoms. The SMILES string of the molecule is CN1CCc2nc(C(=O)NC(CNC(=S)C(=O)N(C)c3ccc(Cl)cn3)C(=O)N(C)C)sc2C1. The number of thiazole rings is 1. The van der Waals surface area contributed by atoms with Crippen LogP contribution >= 0.6 is 35.2 Å². The number of rotatable bonds is 6. The highest BCUT2D eigenvalue weighted by Gasteiger charge is 2.28. The van der Waals surface area contributed by atoms with Crippen molar-refractivity contribution in [3.05, 3.63) is 38.9 Å². The highest BCUT2D eigenvalue weighted by molar-refractivity contribution is 7.82. The van der Waals surface area contributed by atoms with E-state index in [0.29, 0.717) is 15.8 Å². The fourth-order valence-corrected chi connectivity index (χ4v) is 4.67. The molecule has 0 spiro atoms. The number of aromatic nitrogens is 2. The van der Waals surface area contributed by atoms with Crippen LogP contribution in [0, 0.1) is 0 Å². The first-order valence-electron chi connectivity index (χ1n) is 10.4. The van der Waals surface area contributed by atoms with Crippen molar-refractivity contribution in [2.24, 2.45) is 0 Å². The van der Waals surface area contributed by atoms with Crippen LogP contribution in [0.4, 0.5) is 5.82 Å². The Morgan fingerprint density at radius 1 is 1.29 bits per heavy atom. The van der Waals surface area contributed by atoms with Gasteiger partial charge in [-0.15, -0.1) is 11.3 Å². The number of pyridine rings is 1. The number of fused-ring (bicyclic) bond motifs is 1. The summed E-state index contributed by atoms with van der Waals surface area (Å²) >= 11 is 12.4. The summed E-state index contributed by atoms with van der Waals surface area (Å²) in [6.45, 7) is 1.56. The third kappa shape index (κ3) is 6.26. The Morgan fingerprint density at radius 3 is 2.68 bits per heavy atom. The van der Waals surface area contributed by atoms with E-state index in [1.165, 1.54) is 34.4 Å². The first-order valence-corrected chi connectivity index (χ1v) is 12.0. The van der Waals surface area contributed by atoms with Gasteiger partial charge in [-0.25, -0.2) is 9.97 Å². The molecule has 1 aliphatic heterocycles. The van der Waals surface area contributed by atoms with Gasteiger partial charge in [-0.3, -0.25) is 19.3 Å². The van der Waals surface area contributed by atoms with Crippen LogP contribution < -0.4 is 15.5 Å². The van der Waals surface area contributed by atoms with Crippen molar-refractivity contribution in [2.75, 3.05) is 46.2 Å². The molecule has 1 aliphatic rings. The number of hydrogen-bond donors (Lipinski definition) is 2. The van der Waals surface area contributed by atoms with Crippen molar-refractivity contribution in [3.8, 4) is 0 Å². The van der Waals surface area contributed by atoms with Gasteiger partial charge >= 0.3 is 0 Å². The zero-order chi connectivity index (χ0) is 25.0. The first kappa shape index (κ1) is 25.9. The number of amides is 3. The van der Waals surface area contributed by atoms with Gasteiger partial charge in [-0.1, -0.05) is 23.8 Å². The molecule has 0 saturated carbocycles. The fraction of sp³-hybridized carbons (Fsp3) is 0.429. The van der Waals surface area contributed by atoms with E-state index in [-0.39, 0.29) is 17.4 Å². The number of nitrogens with one attached hydrogen (secondary N) is 2. The van der Waals surface area contributed by atoms with Crippen LogP contribution in [0.2, 0.25) is 5.02 Å². The van der Waals surface area contributed by atoms with Crippen LogP contribution in [-0.4, -0.2) is 89.8 Å². The molecule has 1 atom stereocenters. The number of carbonyl (C=O) groups is 3. The van der Waals surface area contributed by atoms with Gasteiger partial charge in [-0.05, 0) is 19.2 Å². The summed E-state index contributed by atoms with van der Waals surface area (Å²) in [4.78, 5) is 52.6. The summed E-state index contributed by atoms with van der Waals surface area (Å²) in [6.07, 6.45) is 2.20. The van der Waals surface area contributed by atoms with Crippen molar-refractivity contribution in [3.63, 3.8) is 0 Å². The molecule has 10 nitrogen and oxygen atoms in total. The predicted molar refractivity (Wildman–Crippen MR) is 135 cm³/mol. The minimum atomic E-state index is -0.948. The van der Waals surface area contributed by atoms with Crippen molar-refractivity contribution < 1.29 is 14.4 Å². The van der Waals surface area contributed by atoms with E-state index >= 15 is 0 Å². The van der Waals surface area contributed by atoms with Gasteiger partial charge in [0, 0.05) is 58.3 Å². The average molecular weight is 524 g/mol. The molecule has 1 unspecified atom stereocenters. The third-order valence-electron chi connectivity index (χ3n) is 5.18. The van der Waals surface area contributed by atoms with E-state index in [4.69, 9.17) is 23.8 Å². The molecule has 2 N–H and O–H groups in total. The van der Waals surface area contributed by atoms with Crippen LogP contribution in [0.3, 0.4) is 0 Å². The molecule has 13 heteroatoms. The Hall–Kier alpha value is -2.67.